The molecule has 2 heterocycles. The number of rotatable bonds is 2. The zero-order valence-corrected chi connectivity index (χ0v) is 8.35. The lowest BCUT2D eigenvalue weighted by molar-refractivity contribution is 0.104. The van der Waals surface area contributed by atoms with E-state index in [2.05, 4.69) is 14.0 Å². The Balaban J connectivity index is 2.33. The van der Waals surface area contributed by atoms with Gasteiger partial charge in [0.1, 0.15) is 4.88 Å². The third-order valence-corrected chi connectivity index (χ3v) is 2.98. The molecule has 0 N–H and O–H groups in total. The molecule has 0 spiro atoms. The first-order valence-corrected chi connectivity index (χ1v) is 5.07. The average Bonchev–Trinajstić information content (AvgIpc) is 2.72. The van der Waals surface area contributed by atoms with E-state index < -0.39 is 0 Å². The lowest BCUT2D eigenvalue weighted by atomic mass is 10.3. The van der Waals surface area contributed by atoms with Crippen molar-refractivity contribution >= 4 is 28.8 Å². The molecule has 0 unspecified atom stereocenters. The number of ketones is 1. The van der Waals surface area contributed by atoms with Gasteiger partial charge in [0.05, 0.1) is 16.8 Å². The van der Waals surface area contributed by atoms with Crippen LogP contribution in [0.5, 0.6) is 0 Å². The van der Waals surface area contributed by atoms with Gasteiger partial charge in [-0.15, -0.1) is 5.10 Å². The van der Waals surface area contributed by atoms with E-state index in [-0.39, 0.29) is 5.78 Å². The lowest BCUT2D eigenvalue weighted by Crippen LogP contribution is -1.94. The predicted octanol–water partition coefficient (Wildman–Crippen LogP) is 1.53. The molecule has 2 aromatic heterocycles. The van der Waals surface area contributed by atoms with E-state index in [1.165, 1.54) is 17.7 Å². The molecule has 0 atom stereocenters. The molecule has 0 saturated heterocycles. The highest BCUT2D eigenvalue weighted by molar-refractivity contribution is 7.11. The first kappa shape index (κ1) is 8.46. The van der Waals surface area contributed by atoms with Gasteiger partial charge in [-0.05, 0) is 36.1 Å². The lowest BCUT2D eigenvalue weighted by Gasteiger charge is -1.86. The maximum Gasteiger partial charge on any atom is 0.217 e. The molecule has 0 aromatic carbocycles. The van der Waals surface area contributed by atoms with Gasteiger partial charge in [-0.2, -0.15) is 4.37 Å². The summed E-state index contributed by atoms with van der Waals surface area (Å²) in [5, 5.41) is 3.61. The Hall–Kier alpha value is -1.14. The van der Waals surface area contributed by atoms with E-state index >= 15 is 0 Å². The summed E-state index contributed by atoms with van der Waals surface area (Å²) in [5.41, 5.74) is 0.867. The summed E-state index contributed by atoms with van der Waals surface area (Å²) >= 11 is 2.31. The van der Waals surface area contributed by atoms with Crippen LogP contribution in [0.4, 0.5) is 0 Å². The fourth-order valence-electron chi connectivity index (χ4n) is 0.859. The fourth-order valence-corrected chi connectivity index (χ4v) is 2.10. The van der Waals surface area contributed by atoms with Gasteiger partial charge in [-0.25, -0.2) is 0 Å². The molecular formula is C7H5N3OS2. The first-order valence-electron chi connectivity index (χ1n) is 3.53. The van der Waals surface area contributed by atoms with Crippen molar-refractivity contribution in [1.82, 2.24) is 14.0 Å². The molecule has 0 fully saturated rings. The number of carbonyl (C=O) groups is 1. The average molecular weight is 211 g/mol. The second kappa shape index (κ2) is 3.31. The summed E-state index contributed by atoms with van der Waals surface area (Å²) in [6, 6.07) is 1.77. The van der Waals surface area contributed by atoms with Crippen LogP contribution in [0.3, 0.4) is 0 Å². The minimum Gasteiger partial charge on any atom is -0.287 e. The van der Waals surface area contributed by atoms with Crippen LogP contribution in [0.2, 0.25) is 0 Å². The molecule has 0 aliphatic heterocycles. The van der Waals surface area contributed by atoms with Gasteiger partial charge in [0.25, 0.3) is 0 Å². The molecule has 0 bridgehead atoms. The fraction of sp³-hybridized carbons (Fsp3) is 0.143. The summed E-state index contributed by atoms with van der Waals surface area (Å²) in [6.07, 6.45) is 1.47. The SMILES string of the molecule is Cc1cc(C(=O)c2cnns2)sn1. The van der Waals surface area contributed by atoms with Crippen molar-refractivity contribution in [3.8, 4) is 0 Å². The third kappa shape index (κ3) is 1.63. The molecule has 2 aromatic rings. The van der Waals surface area contributed by atoms with Gasteiger partial charge in [0.15, 0.2) is 0 Å². The molecule has 2 rings (SSSR count). The van der Waals surface area contributed by atoms with Crippen LogP contribution in [0, 0.1) is 6.92 Å². The van der Waals surface area contributed by atoms with E-state index in [9.17, 15) is 4.79 Å². The number of aromatic nitrogens is 3. The molecule has 13 heavy (non-hydrogen) atoms. The van der Waals surface area contributed by atoms with Crippen molar-refractivity contribution in [3.63, 3.8) is 0 Å². The van der Waals surface area contributed by atoms with E-state index in [0.29, 0.717) is 9.75 Å². The van der Waals surface area contributed by atoms with Crippen LogP contribution < -0.4 is 0 Å². The normalized spacial score (nSPS) is 10.2. The molecule has 4 nitrogen and oxygen atoms in total. The second-order valence-corrected chi connectivity index (χ2v) is 4.03. The van der Waals surface area contributed by atoms with Gasteiger partial charge in [0.2, 0.25) is 5.78 Å². The molecule has 0 amide bonds. The Kier molecular flexibility index (Phi) is 2.15. The highest BCUT2D eigenvalue weighted by Crippen LogP contribution is 2.16. The van der Waals surface area contributed by atoms with Gasteiger partial charge in [-0.1, -0.05) is 4.49 Å². The number of aryl methyl sites for hydroxylation is 1. The Morgan fingerprint density at radius 3 is 2.77 bits per heavy atom. The number of carbonyl (C=O) groups excluding carboxylic acids is 1. The monoisotopic (exact) mass is 211 g/mol. The van der Waals surface area contributed by atoms with Crippen LogP contribution >= 0.6 is 23.1 Å². The molecule has 0 aliphatic carbocycles. The number of nitrogens with zero attached hydrogens (tertiary/aromatic N) is 3. The summed E-state index contributed by atoms with van der Waals surface area (Å²) in [6.45, 7) is 1.86. The zero-order valence-electron chi connectivity index (χ0n) is 6.72. The van der Waals surface area contributed by atoms with E-state index in [4.69, 9.17) is 0 Å². The van der Waals surface area contributed by atoms with Gasteiger partial charge in [0, 0.05) is 0 Å². The summed E-state index contributed by atoms with van der Waals surface area (Å²) < 4.78 is 7.66. The summed E-state index contributed by atoms with van der Waals surface area (Å²) in [7, 11) is 0. The standard InChI is InChI=1S/C7H5N3OS2/c1-4-2-5(12-9-4)7(11)6-3-8-10-13-6/h2-3H,1H3. The van der Waals surface area contributed by atoms with Crippen molar-refractivity contribution in [3.05, 3.63) is 27.7 Å². The molecular weight excluding hydrogens is 206 g/mol. The highest BCUT2D eigenvalue weighted by Gasteiger charge is 2.13. The van der Waals surface area contributed by atoms with Crippen molar-refractivity contribution in [2.45, 2.75) is 6.92 Å². The summed E-state index contributed by atoms with van der Waals surface area (Å²) in [4.78, 5) is 12.8. The van der Waals surface area contributed by atoms with Crippen LogP contribution in [0.25, 0.3) is 0 Å². The Bertz CT molecular complexity index is 421. The topological polar surface area (TPSA) is 55.7 Å². The Morgan fingerprint density at radius 1 is 1.38 bits per heavy atom. The van der Waals surface area contributed by atoms with Gasteiger partial charge < -0.3 is 0 Å². The van der Waals surface area contributed by atoms with E-state index in [1.54, 1.807) is 6.07 Å². The van der Waals surface area contributed by atoms with E-state index in [1.807, 2.05) is 6.92 Å². The van der Waals surface area contributed by atoms with Crippen molar-refractivity contribution in [2.24, 2.45) is 0 Å². The van der Waals surface area contributed by atoms with Crippen LogP contribution in [0.15, 0.2) is 12.3 Å². The summed E-state index contributed by atoms with van der Waals surface area (Å²) in [5.74, 6) is -0.0411. The van der Waals surface area contributed by atoms with Crippen LogP contribution in [-0.2, 0) is 0 Å². The van der Waals surface area contributed by atoms with Crippen LogP contribution in [-0.4, -0.2) is 19.7 Å². The minimum atomic E-state index is -0.0411. The number of hydrogen-bond acceptors (Lipinski definition) is 6. The van der Waals surface area contributed by atoms with Gasteiger partial charge in [-0.3, -0.25) is 4.79 Å². The Labute approximate surface area is 82.6 Å². The molecule has 6 heteroatoms. The number of hydrogen-bond donors (Lipinski definition) is 0. The quantitative estimate of drug-likeness (QED) is 0.707. The Morgan fingerprint density at radius 2 is 2.23 bits per heavy atom. The van der Waals surface area contributed by atoms with Crippen LogP contribution in [0.1, 0.15) is 20.2 Å². The van der Waals surface area contributed by atoms with E-state index in [0.717, 1.165) is 17.2 Å². The maximum atomic E-state index is 11.6. The van der Waals surface area contributed by atoms with Crippen molar-refractivity contribution in [1.29, 1.82) is 0 Å². The highest BCUT2D eigenvalue weighted by atomic mass is 32.1. The van der Waals surface area contributed by atoms with Crippen molar-refractivity contribution in [2.75, 3.05) is 0 Å². The zero-order chi connectivity index (χ0) is 9.26. The predicted molar refractivity (Wildman–Crippen MR) is 50.2 cm³/mol. The minimum absolute atomic E-state index is 0.0411. The van der Waals surface area contributed by atoms with Gasteiger partial charge >= 0.3 is 0 Å². The first-order chi connectivity index (χ1) is 6.27. The largest absolute Gasteiger partial charge is 0.287 e. The van der Waals surface area contributed by atoms with Crippen molar-refractivity contribution < 1.29 is 4.79 Å². The molecule has 0 radical (unpaired) electrons. The molecule has 0 saturated carbocycles. The molecule has 0 aliphatic rings. The smallest absolute Gasteiger partial charge is 0.217 e. The third-order valence-electron chi connectivity index (χ3n) is 1.44. The molecule has 66 valence electrons. The maximum absolute atomic E-state index is 11.6. The second-order valence-electron chi connectivity index (χ2n) is 2.44.